The van der Waals surface area contributed by atoms with E-state index in [0.717, 1.165) is 36.3 Å². The predicted molar refractivity (Wildman–Crippen MR) is 138 cm³/mol. The summed E-state index contributed by atoms with van der Waals surface area (Å²) in [5, 5.41) is 13.6. The number of sulfonamides is 1. The Morgan fingerprint density at radius 3 is 2.40 bits per heavy atom. The summed E-state index contributed by atoms with van der Waals surface area (Å²) >= 11 is 6.28. The van der Waals surface area contributed by atoms with Crippen LogP contribution in [-0.2, 0) is 22.9 Å². The number of halogens is 1. The molecule has 0 spiro atoms. The van der Waals surface area contributed by atoms with Gasteiger partial charge in [-0.1, -0.05) is 11.6 Å². The quantitative estimate of drug-likeness (QED) is 0.374. The lowest BCUT2D eigenvalue weighted by molar-refractivity contribution is 0.344. The second kappa shape index (κ2) is 11.3. The Bertz CT molecular complexity index is 1250. The maximum absolute atomic E-state index is 12.5. The van der Waals surface area contributed by atoms with Gasteiger partial charge in [0.05, 0.1) is 4.90 Å². The van der Waals surface area contributed by atoms with Gasteiger partial charge in [-0.05, 0) is 98.8 Å². The topological polar surface area (TPSA) is 107 Å². The van der Waals surface area contributed by atoms with Crippen LogP contribution in [0, 0.1) is 6.92 Å². The highest BCUT2D eigenvalue weighted by Gasteiger charge is 2.16. The summed E-state index contributed by atoms with van der Waals surface area (Å²) in [5.74, 6) is 0.650. The molecule has 2 heterocycles. The van der Waals surface area contributed by atoms with Crippen molar-refractivity contribution in [2.45, 2.75) is 37.5 Å². The summed E-state index contributed by atoms with van der Waals surface area (Å²) in [6.07, 6.45) is 7.19. The summed E-state index contributed by atoms with van der Waals surface area (Å²) in [7, 11) is -3.55. The molecule has 1 saturated heterocycles. The van der Waals surface area contributed by atoms with Gasteiger partial charge in [0, 0.05) is 36.2 Å². The first-order valence-electron chi connectivity index (χ1n) is 11.7. The van der Waals surface area contributed by atoms with Gasteiger partial charge in [-0.15, -0.1) is 0 Å². The fourth-order valence-electron chi connectivity index (χ4n) is 4.11. The highest BCUT2D eigenvalue weighted by Crippen LogP contribution is 2.28. The van der Waals surface area contributed by atoms with Crippen molar-refractivity contribution in [2.24, 2.45) is 0 Å². The van der Waals surface area contributed by atoms with E-state index in [9.17, 15) is 13.5 Å². The van der Waals surface area contributed by atoms with Gasteiger partial charge in [-0.2, -0.15) is 0 Å². The number of aromatic nitrogens is 2. The zero-order valence-corrected chi connectivity index (χ0v) is 21.2. The molecule has 1 fully saturated rings. The summed E-state index contributed by atoms with van der Waals surface area (Å²) in [5.41, 5.74) is 3.32. The molecule has 186 valence electrons. The second-order valence-electron chi connectivity index (χ2n) is 8.68. The molecule has 35 heavy (non-hydrogen) atoms. The zero-order valence-electron chi connectivity index (χ0n) is 19.7. The normalized spacial score (nSPS) is 14.3. The number of aromatic hydroxyl groups is 1. The number of benzene rings is 2. The van der Waals surface area contributed by atoms with E-state index in [1.165, 1.54) is 12.8 Å². The highest BCUT2D eigenvalue weighted by atomic mass is 35.5. The van der Waals surface area contributed by atoms with Gasteiger partial charge in [0.2, 0.25) is 16.0 Å². The van der Waals surface area contributed by atoms with Crippen molar-refractivity contribution in [2.75, 3.05) is 31.5 Å². The molecule has 3 N–H and O–H groups in total. The Morgan fingerprint density at radius 2 is 1.71 bits per heavy atom. The van der Waals surface area contributed by atoms with Crippen LogP contribution in [0.5, 0.6) is 5.75 Å². The molecule has 0 saturated carbocycles. The van der Waals surface area contributed by atoms with Crippen LogP contribution in [0.15, 0.2) is 53.7 Å². The lowest BCUT2D eigenvalue weighted by atomic mass is 10.0. The van der Waals surface area contributed by atoms with Crippen LogP contribution in [-0.4, -0.2) is 54.6 Å². The molecule has 10 heteroatoms. The number of anilines is 2. The molecule has 1 aliphatic heterocycles. The smallest absolute Gasteiger partial charge is 0.240 e. The molecule has 0 atom stereocenters. The van der Waals surface area contributed by atoms with Gasteiger partial charge in [0.15, 0.2) is 0 Å². The average molecular weight is 516 g/mol. The SMILES string of the molecule is Cc1c(O)ccc(Cl)c1CCc1cnc(Nc2ccc(S(=O)(=O)NCCN3CCCC3)cc2)nc1. The maximum Gasteiger partial charge on any atom is 0.240 e. The molecule has 8 nitrogen and oxygen atoms in total. The Labute approximate surface area is 211 Å². The number of nitrogens with one attached hydrogen (secondary N) is 2. The van der Waals surface area contributed by atoms with Crippen molar-refractivity contribution in [1.82, 2.24) is 19.6 Å². The monoisotopic (exact) mass is 515 g/mol. The van der Waals surface area contributed by atoms with Crippen LogP contribution in [0.25, 0.3) is 0 Å². The van der Waals surface area contributed by atoms with E-state index in [2.05, 4.69) is 24.9 Å². The van der Waals surface area contributed by atoms with Crippen LogP contribution < -0.4 is 10.0 Å². The Morgan fingerprint density at radius 1 is 1.03 bits per heavy atom. The van der Waals surface area contributed by atoms with Crippen LogP contribution >= 0.6 is 11.6 Å². The van der Waals surface area contributed by atoms with Gasteiger partial charge >= 0.3 is 0 Å². The lowest BCUT2D eigenvalue weighted by Crippen LogP contribution is -2.33. The molecular weight excluding hydrogens is 486 g/mol. The maximum atomic E-state index is 12.5. The number of hydrogen-bond acceptors (Lipinski definition) is 7. The van der Waals surface area contributed by atoms with Crippen LogP contribution in [0.3, 0.4) is 0 Å². The first-order valence-corrected chi connectivity index (χ1v) is 13.5. The molecule has 0 amide bonds. The Balaban J connectivity index is 1.30. The van der Waals surface area contributed by atoms with E-state index in [1.54, 1.807) is 48.8 Å². The fourth-order valence-corrected chi connectivity index (χ4v) is 5.43. The Hall–Kier alpha value is -2.72. The van der Waals surface area contributed by atoms with Crippen molar-refractivity contribution in [3.8, 4) is 5.75 Å². The molecule has 3 aromatic rings. The van der Waals surface area contributed by atoms with Crippen LogP contribution in [0.2, 0.25) is 5.02 Å². The van der Waals surface area contributed by atoms with Crippen molar-refractivity contribution >= 4 is 33.3 Å². The number of rotatable bonds is 10. The van der Waals surface area contributed by atoms with Crippen molar-refractivity contribution in [1.29, 1.82) is 0 Å². The van der Waals surface area contributed by atoms with E-state index in [0.29, 0.717) is 36.0 Å². The van der Waals surface area contributed by atoms with Crippen LogP contribution in [0.1, 0.15) is 29.5 Å². The van der Waals surface area contributed by atoms with Crippen molar-refractivity contribution in [3.63, 3.8) is 0 Å². The van der Waals surface area contributed by atoms with Crippen molar-refractivity contribution < 1.29 is 13.5 Å². The van der Waals surface area contributed by atoms with E-state index < -0.39 is 10.0 Å². The van der Waals surface area contributed by atoms with Gasteiger partial charge < -0.3 is 15.3 Å². The molecule has 0 radical (unpaired) electrons. The molecule has 2 aromatic carbocycles. The zero-order chi connectivity index (χ0) is 24.8. The van der Waals surface area contributed by atoms with E-state index in [4.69, 9.17) is 11.6 Å². The van der Waals surface area contributed by atoms with Gasteiger partial charge in [-0.25, -0.2) is 23.1 Å². The summed E-state index contributed by atoms with van der Waals surface area (Å²) in [6.45, 7) is 5.06. The third-order valence-electron chi connectivity index (χ3n) is 6.22. The number of nitrogens with zero attached hydrogens (tertiary/aromatic N) is 3. The molecule has 0 unspecified atom stereocenters. The minimum Gasteiger partial charge on any atom is -0.508 e. The number of phenols is 1. The largest absolute Gasteiger partial charge is 0.508 e. The van der Waals surface area contributed by atoms with Gasteiger partial charge in [0.25, 0.3) is 0 Å². The molecule has 0 bridgehead atoms. The molecule has 1 aromatic heterocycles. The number of aryl methyl sites for hydroxylation is 1. The minimum atomic E-state index is -3.55. The first kappa shape index (κ1) is 25.4. The molecular formula is C25H30ClN5O3S. The average Bonchev–Trinajstić information content (AvgIpc) is 3.36. The predicted octanol–water partition coefficient (Wildman–Crippen LogP) is 4.05. The third kappa shape index (κ3) is 6.70. The minimum absolute atomic E-state index is 0.224. The van der Waals surface area contributed by atoms with Crippen molar-refractivity contribution in [3.05, 3.63) is 70.5 Å². The second-order valence-corrected chi connectivity index (χ2v) is 10.9. The Kier molecular flexibility index (Phi) is 8.22. The number of hydrogen-bond donors (Lipinski definition) is 3. The molecule has 0 aliphatic carbocycles. The van der Waals surface area contributed by atoms with Crippen LogP contribution in [0.4, 0.5) is 11.6 Å². The molecule has 4 rings (SSSR count). The highest BCUT2D eigenvalue weighted by molar-refractivity contribution is 7.89. The van der Waals surface area contributed by atoms with E-state index in [-0.39, 0.29) is 10.6 Å². The summed E-state index contributed by atoms with van der Waals surface area (Å²) < 4.78 is 27.8. The third-order valence-corrected chi connectivity index (χ3v) is 8.05. The summed E-state index contributed by atoms with van der Waals surface area (Å²) in [6, 6.07) is 9.81. The first-order chi connectivity index (χ1) is 16.8. The van der Waals surface area contributed by atoms with Gasteiger partial charge in [0.1, 0.15) is 5.75 Å². The summed E-state index contributed by atoms with van der Waals surface area (Å²) in [4.78, 5) is 11.2. The fraction of sp³-hybridized carbons (Fsp3) is 0.360. The lowest BCUT2D eigenvalue weighted by Gasteiger charge is -2.15. The number of phenolic OH excluding ortho intramolecular Hbond substituents is 1. The van der Waals surface area contributed by atoms with Gasteiger partial charge in [-0.3, -0.25) is 0 Å². The standard InChI is InChI=1S/C25H30ClN5O3S/c1-18-22(23(26)10-11-24(18)32)9-4-19-16-27-25(28-17-19)30-20-5-7-21(8-6-20)35(33,34)29-12-15-31-13-2-3-14-31/h5-8,10-11,16-17,29,32H,2-4,9,12-15H2,1H3,(H,27,28,30). The molecule has 1 aliphatic rings. The van der Waals surface area contributed by atoms with E-state index >= 15 is 0 Å². The number of likely N-dealkylation sites (tertiary alicyclic amines) is 1. The van der Waals surface area contributed by atoms with E-state index in [1.807, 2.05) is 6.92 Å².